The van der Waals surface area contributed by atoms with Crippen LogP contribution >= 0.6 is 11.8 Å². The maximum atomic E-state index is 13.0. The van der Waals surface area contributed by atoms with Gasteiger partial charge in [0.1, 0.15) is 11.3 Å². The van der Waals surface area contributed by atoms with E-state index in [1.165, 1.54) is 36.0 Å². The van der Waals surface area contributed by atoms with E-state index in [2.05, 4.69) is 15.5 Å². The van der Waals surface area contributed by atoms with Crippen molar-refractivity contribution >= 4 is 35.0 Å². The Morgan fingerprint density at radius 3 is 2.75 bits per heavy atom. The largest absolute Gasteiger partial charge is 0.431 e. The molecular formula is C21H18FN3O2S. The minimum Gasteiger partial charge on any atom is -0.431 e. The average Bonchev–Trinajstić information content (AvgIpc) is 3.12. The molecule has 0 unspecified atom stereocenters. The number of aromatic nitrogens is 1. The fourth-order valence-electron chi connectivity index (χ4n) is 2.99. The zero-order valence-corrected chi connectivity index (χ0v) is 15.8. The SMILES string of the molecule is O=C(NN=CC1=C(Sc2nc3ccccc3o2)CCCC1)c1ccc(F)cc1. The van der Waals surface area contributed by atoms with Gasteiger partial charge in [0.15, 0.2) is 5.58 Å². The molecular weight excluding hydrogens is 377 g/mol. The Bertz CT molecular complexity index is 1020. The molecule has 4 rings (SSSR count). The number of carbonyl (C=O) groups is 1. The van der Waals surface area contributed by atoms with Crippen molar-refractivity contribution in [2.45, 2.75) is 30.9 Å². The topological polar surface area (TPSA) is 67.5 Å². The van der Waals surface area contributed by atoms with Gasteiger partial charge in [-0.25, -0.2) is 14.8 Å². The quantitative estimate of drug-likeness (QED) is 0.470. The van der Waals surface area contributed by atoms with E-state index in [1.54, 1.807) is 6.21 Å². The maximum Gasteiger partial charge on any atom is 0.271 e. The van der Waals surface area contributed by atoms with E-state index in [0.29, 0.717) is 10.8 Å². The summed E-state index contributed by atoms with van der Waals surface area (Å²) >= 11 is 1.51. The number of hydrazone groups is 1. The highest BCUT2D eigenvalue weighted by Gasteiger charge is 2.16. The number of fused-ring (bicyclic) bond motifs is 1. The highest BCUT2D eigenvalue weighted by Crippen LogP contribution is 2.37. The third kappa shape index (κ3) is 4.31. The molecule has 0 atom stereocenters. The third-order valence-corrected chi connectivity index (χ3v) is 5.50. The first-order valence-corrected chi connectivity index (χ1v) is 9.85. The first kappa shape index (κ1) is 18.4. The normalized spacial score (nSPS) is 14.8. The second-order valence-corrected chi connectivity index (χ2v) is 7.46. The molecule has 0 saturated heterocycles. The van der Waals surface area contributed by atoms with E-state index in [4.69, 9.17) is 4.42 Å². The van der Waals surface area contributed by atoms with Gasteiger partial charge in [0.05, 0.1) is 6.21 Å². The molecule has 3 aromatic rings. The summed E-state index contributed by atoms with van der Waals surface area (Å²) in [5, 5.41) is 4.70. The molecule has 142 valence electrons. The molecule has 7 heteroatoms. The first-order valence-electron chi connectivity index (χ1n) is 9.03. The molecule has 1 aliphatic carbocycles. The van der Waals surface area contributed by atoms with E-state index in [-0.39, 0.29) is 11.7 Å². The van der Waals surface area contributed by atoms with Crippen LogP contribution in [0.1, 0.15) is 36.0 Å². The van der Waals surface area contributed by atoms with Crippen LogP contribution in [0.3, 0.4) is 0 Å². The highest BCUT2D eigenvalue weighted by atomic mass is 32.2. The number of rotatable bonds is 5. The fourth-order valence-corrected chi connectivity index (χ4v) is 4.01. The van der Waals surface area contributed by atoms with E-state index < -0.39 is 0 Å². The summed E-state index contributed by atoms with van der Waals surface area (Å²) in [5.74, 6) is -0.755. The first-order chi connectivity index (χ1) is 13.7. The van der Waals surface area contributed by atoms with Gasteiger partial charge in [-0.2, -0.15) is 5.10 Å². The molecule has 0 radical (unpaired) electrons. The molecule has 0 spiro atoms. The molecule has 0 saturated carbocycles. The van der Waals surface area contributed by atoms with E-state index in [9.17, 15) is 9.18 Å². The van der Waals surface area contributed by atoms with Crippen LogP contribution in [0.5, 0.6) is 0 Å². The molecule has 1 aliphatic rings. The summed E-state index contributed by atoms with van der Waals surface area (Å²) in [4.78, 5) is 17.7. The molecule has 1 amide bonds. The van der Waals surface area contributed by atoms with Crippen LogP contribution < -0.4 is 5.43 Å². The number of allylic oxidation sites excluding steroid dienone is 2. The molecule has 0 aliphatic heterocycles. The summed E-state index contributed by atoms with van der Waals surface area (Å²) in [6.07, 6.45) is 5.67. The minimum absolute atomic E-state index is 0.359. The van der Waals surface area contributed by atoms with E-state index in [1.807, 2.05) is 24.3 Å². The molecule has 1 N–H and O–H groups in total. The summed E-state index contributed by atoms with van der Waals surface area (Å²) in [6.45, 7) is 0. The summed E-state index contributed by atoms with van der Waals surface area (Å²) < 4.78 is 18.8. The summed E-state index contributed by atoms with van der Waals surface area (Å²) in [5.41, 5.74) is 5.53. The van der Waals surface area contributed by atoms with Crippen LogP contribution in [-0.2, 0) is 0 Å². The van der Waals surface area contributed by atoms with Crippen LogP contribution in [0.2, 0.25) is 0 Å². The molecule has 28 heavy (non-hydrogen) atoms. The van der Waals surface area contributed by atoms with Crippen molar-refractivity contribution in [2.24, 2.45) is 5.10 Å². The van der Waals surface area contributed by atoms with Crippen molar-refractivity contribution in [3.8, 4) is 0 Å². The second-order valence-electron chi connectivity index (χ2n) is 6.41. The smallest absolute Gasteiger partial charge is 0.271 e. The van der Waals surface area contributed by atoms with Crippen molar-refractivity contribution in [3.63, 3.8) is 0 Å². The van der Waals surface area contributed by atoms with Crippen molar-refractivity contribution in [2.75, 3.05) is 0 Å². The van der Waals surface area contributed by atoms with Gasteiger partial charge >= 0.3 is 0 Å². The zero-order valence-electron chi connectivity index (χ0n) is 15.0. The number of thioether (sulfide) groups is 1. The van der Waals surface area contributed by atoms with Crippen molar-refractivity contribution < 1.29 is 13.6 Å². The van der Waals surface area contributed by atoms with Gasteiger partial charge < -0.3 is 4.42 Å². The van der Waals surface area contributed by atoms with Gasteiger partial charge in [-0.3, -0.25) is 4.79 Å². The predicted octanol–water partition coefficient (Wildman–Crippen LogP) is 5.30. The van der Waals surface area contributed by atoms with Crippen LogP contribution in [0.15, 0.2) is 73.8 Å². The Morgan fingerprint density at radius 2 is 1.93 bits per heavy atom. The Kier molecular flexibility index (Phi) is 5.53. The van der Waals surface area contributed by atoms with Gasteiger partial charge in [0.25, 0.3) is 11.1 Å². The van der Waals surface area contributed by atoms with Gasteiger partial charge in [-0.1, -0.05) is 12.1 Å². The number of nitrogens with zero attached hydrogens (tertiary/aromatic N) is 2. The fraction of sp³-hybridized carbons (Fsp3) is 0.190. The number of para-hydroxylation sites is 2. The Morgan fingerprint density at radius 1 is 1.14 bits per heavy atom. The van der Waals surface area contributed by atoms with Gasteiger partial charge in [-0.05, 0) is 84.3 Å². The number of hydrogen-bond donors (Lipinski definition) is 1. The number of hydrogen-bond acceptors (Lipinski definition) is 5. The summed E-state index contributed by atoms with van der Waals surface area (Å²) in [6, 6.07) is 13.0. The molecule has 1 aromatic heterocycles. The Balaban J connectivity index is 1.47. The highest BCUT2D eigenvalue weighted by molar-refractivity contribution is 8.02. The number of carbonyl (C=O) groups excluding carboxylic acids is 1. The van der Waals surface area contributed by atoms with Gasteiger partial charge in [0.2, 0.25) is 0 Å². The van der Waals surface area contributed by atoms with Crippen molar-refractivity contribution in [1.82, 2.24) is 10.4 Å². The molecule has 2 aromatic carbocycles. The maximum absolute atomic E-state index is 13.0. The number of oxazole rings is 1. The molecule has 5 nitrogen and oxygen atoms in total. The molecule has 1 heterocycles. The van der Waals surface area contributed by atoms with E-state index >= 15 is 0 Å². The lowest BCUT2D eigenvalue weighted by Crippen LogP contribution is -2.17. The van der Waals surface area contributed by atoms with E-state index in [0.717, 1.165) is 47.3 Å². The van der Waals surface area contributed by atoms with Crippen LogP contribution in [0, 0.1) is 5.82 Å². The minimum atomic E-state index is -0.381. The standard InChI is InChI=1S/C21H18FN3O2S/c22-16-11-9-14(10-12-16)20(26)25-23-13-15-5-1-4-8-19(15)28-21-24-17-6-2-3-7-18(17)27-21/h2-3,6-7,9-13H,1,4-5,8H2,(H,25,26). The van der Waals surface area contributed by atoms with Crippen molar-refractivity contribution in [1.29, 1.82) is 0 Å². The lowest BCUT2D eigenvalue weighted by Gasteiger charge is -2.15. The van der Waals surface area contributed by atoms with Gasteiger partial charge in [-0.15, -0.1) is 0 Å². The number of nitrogens with one attached hydrogen (secondary N) is 1. The lowest BCUT2D eigenvalue weighted by atomic mass is 10.0. The molecule has 0 bridgehead atoms. The lowest BCUT2D eigenvalue weighted by molar-refractivity contribution is 0.0955. The number of benzene rings is 2. The van der Waals surface area contributed by atoms with Crippen LogP contribution in [-0.4, -0.2) is 17.1 Å². The number of halogens is 1. The predicted molar refractivity (Wildman–Crippen MR) is 108 cm³/mol. The summed E-state index contributed by atoms with van der Waals surface area (Å²) in [7, 11) is 0. The average molecular weight is 395 g/mol. The van der Waals surface area contributed by atoms with Crippen LogP contribution in [0.4, 0.5) is 4.39 Å². The van der Waals surface area contributed by atoms with Crippen LogP contribution in [0.25, 0.3) is 11.1 Å². The Labute approximate surface area is 165 Å². The Hall–Kier alpha value is -2.93. The zero-order chi connectivity index (χ0) is 19.3. The second kappa shape index (κ2) is 8.39. The molecule has 0 fully saturated rings. The third-order valence-electron chi connectivity index (χ3n) is 4.44. The van der Waals surface area contributed by atoms with Gasteiger partial charge in [0, 0.05) is 5.56 Å². The monoisotopic (exact) mass is 395 g/mol. The van der Waals surface area contributed by atoms with Crippen molar-refractivity contribution in [3.05, 3.63) is 70.4 Å². The number of amides is 1.